The zero-order chi connectivity index (χ0) is 27.5. The molecule has 0 unspecified atom stereocenters. The van der Waals surface area contributed by atoms with E-state index in [-0.39, 0.29) is 36.1 Å². The topological polar surface area (TPSA) is 79.9 Å². The van der Waals surface area contributed by atoms with Crippen molar-refractivity contribution < 1.29 is 18.9 Å². The number of carbonyl (C=O) groups excluding carboxylic acids is 2. The molecule has 8 heteroatoms. The Kier molecular flexibility index (Phi) is 9.83. The predicted molar refractivity (Wildman–Crippen MR) is 150 cm³/mol. The first-order valence-electron chi connectivity index (χ1n) is 14.8. The molecule has 3 aliphatic rings. The van der Waals surface area contributed by atoms with Crippen molar-refractivity contribution in [3.05, 3.63) is 0 Å². The van der Waals surface area contributed by atoms with Gasteiger partial charge in [-0.15, -0.1) is 0 Å². The van der Waals surface area contributed by atoms with Crippen molar-refractivity contribution in [1.82, 2.24) is 15.5 Å². The summed E-state index contributed by atoms with van der Waals surface area (Å²) in [7, 11) is -0.229. The minimum absolute atomic E-state index is 0.00109. The second-order valence-electron chi connectivity index (χ2n) is 13.8. The van der Waals surface area contributed by atoms with E-state index in [0.29, 0.717) is 24.3 Å². The van der Waals surface area contributed by atoms with Crippen molar-refractivity contribution in [3.8, 4) is 0 Å². The highest BCUT2D eigenvalue weighted by molar-refractivity contribution is 6.45. The SMILES string of the molecule is CCCCNC(=O)[C@@]1(NC(C)=O)C[C@H](CCB2OC(C)(C)C(C)(C)O2)CC[C@H]1CN1CCC(C)(C)CC1. The molecule has 212 valence electrons. The molecule has 2 amide bonds. The number of nitrogens with zero attached hydrogens (tertiary/aromatic N) is 1. The van der Waals surface area contributed by atoms with Gasteiger partial charge in [-0.3, -0.25) is 9.59 Å². The molecule has 2 N–H and O–H groups in total. The van der Waals surface area contributed by atoms with Gasteiger partial charge in [0.2, 0.25) is 11.8 Å². The van der Waals surface area contributed by atoms with Crippen molar-refractivity contribution in [2.24, 2.45) is 17.3 Å². The lowest BCUT2D eigenvalue weighted by Crippen LogP contribution is -2.66. The van der Waals surface area contributed by atoms with Crippen LogP contribution in [0.15, 0.2) is 0 Å². The fourth-order valence-electron chi connectivity index (χ4n) is 6.35. The molecule has 0 radical (unpaired) electrons. The molecule has 2 heterocycles. The van der Waals surface area contributed by atoms with Crippen LogP contribution in [0, 0.1) is 17.3 Å². The molecule has 0 aromatic carbocycles. The molecule has 2 aliphatic heterocycles. The first kappa shape index (κ1) is 30.4. The van der Waals surface area contributed by atoms with Crippen LogP contribution < -0.4 is 10.6 Å². The van der Waals surface area contributed by atoms with Crippen molar-refractivity contribution in [3.63, 3.8) is 0 Å². The number of piperidine rings is 1. The average Bonchev–Trinajstić information content (AvgIpc) is 3.00. The third-order valence-electron chi connectivity index (χ3n) is 9.65. The molecular weight excluding hydrogens is 465 g/mol. The predicted octanol–water partition coefficient (Wildman–Crippen LogP) is 4.80. The summed E-state index contributed by atoms with van der Waals surface area (Å²) in [4.78, 5) is 28.9. The Hall–Kier alpha value is -1.12. The van der Waals surface area contributed by atoms with Crippen LogP contribution in [0.1, 0.15) is 107 Å². The summed E-state index contributed by atoms with van der Waals surface area (Å²) in [5, 5.41) is 6.42. The molecule has 1 saturated carbocycles. The van der Waals surface area contributed by atoms with Gasteiger partial charge in [-0.25, -0.2) is 0 Å². The number of nitrogens with one attached hydrogen (secondary N) is 2. The fourth-order valence-corrected chi connectivity index (χ4v) is 6.35. The maximum absolute atomic E-state index is 13.9. The van der Waals surface area contributed by atoms with E-state index >= 15 is 0 Å². The Balaban J connectivity index is 1.75. The van der Waals surface area contributed by atoms with E-state index in [4.69, 9.17) is 9.31 Å². The maximum Gasteiger partial charge on any atom is 0.457 e. The smallest absolute Gasteiger partial charge is 0.403 e. The number of amides is 2. The number of rotatable bonds is 10. The summed E-state index contributed by atoms with van der Waals surface area (Å²) in [6.07, 6.45) is 8.72. The lowest BCUT2D eigenvalue weighted by molar-refractivity contribution is -0.139. The van der Waals surface area contributed by atoms with Crippen molar-refractivity contribution in [1.29, 1.82) is 0 Å². The van der Waals surface area contributed by atoms with Crippen LogP contribution in [0.2, 0.25) is 6.32 Å². The summed E-state index contributed by atoms with van der Waals surface area (Å²) in [5.41, 5.74) is -1.16. The highest BCUT2D eigenvalue weighted by atomic mass is 16.7. The fraction of sp³-hybridized carbons (Fsp3) is 0.931. The average molecular weight is 520 g/mol. The Morgan fingerprint density at radius 1 is 1.00 bits per heavy atom. The quantitative estimate of drug-likeness (QED) is 0.320. The molecule has 2 saturated heterocycles. The van der Waals surface area contributed by atoms with Gasteiger partial charge in [0, 0.05) is 25.9 Å². The zero-order valence-corrected chi connectivity index (χ0v) is 25.0. The molecule has 3 fully saturated rings. The van der Waals surface area contributed by atoms with Gasteiger partial charge in [0.05, 0.1) is 11.2 Å². The van der Waals surface area contributed by atoms with Crippen LogP contribution in [0.4, 0.5) is 0 Å². The molecule has 7 nitrogen and oxygen atoms in total. The van der Waals surface area contributed by atoms with Gasteiger partial charge >= 0.3 is 7.12 Å². The highest BCUT2D eigenvalue weighted by Gasteiger charge is 2.53. The first-order valence-corrected chi connectivity index (χ1v) is 14.8. The molecule has 0 aromatic heterocycles. The molecule has 0 aromatic rings. The summed E-state index contributed by atoms with van der Waals surface area (Å²) in [5.74, 6) is 0.313. The van der Waals surface area contributed by atoms with E-state index in [2.05, 4.69) is 64.0 Å². The minimum atomic E-state index is -0.870. The highest BCUT2D eigenvalue weighted by Crippen LogP contribution is 2.43. The molecule has 3 atom stereocenters. The zero-order valence-electron chi connectivity index (χ0n) is 25.0. The van der Waals surface area contributed by atoms with E-state index in [0.717, 1.165) is 58.1 Å². The molecule has 1 aliphatic carbocycles. The van der Waals surface area contributed by atoms with Crippen molar-refractivity contribution in [2.45, 2.75) is 130 Å². The number of hydrogen-bond donors (Lipinski definition) is 2. The standard InChI is InChI=1S/C29H54BN3O4/c1-9-10-17-31-25(35)29(32-22(2)34)20-23(13-16-30-36-27(5,6)28(7,8)37-30)11-12-24(29)21-33-18-14-26(3,4)15-19-33/h23-24H,9-21H2,1-8H3,(H,31,35)(H,32,34)/t23-,24-,29+/m0/s1. The molecule has 0 bridgehead atoms. The second-order valence-corrected chi connectivity index (χ2v) is 13.8. The van der Waals surface area contributed by atoms with Crippen LogP contribution in [-0.2, 0) is 18.9 Å². The third-order valence-corrected chi connectivity index (χ3v) is 9.65. The summed E-state index contributed by atoms with van der Waals surface area (Å²) in [6, 6.07) is 0. The van der Waals surface area contributed by atoms with Gasteiger partial charge in [0.25, 0.3) is 0 Å². The number of carbonyl (C=O) groups is 2. The number of unbranched alkanes of at least 4 members (excludes halogenated alkanes) is 1. The van der Waals surface area contributed by atoms with E-state index in [1.165, 1.54) is 12.8 Å². The Bertz CT molecular complexity index is 776. The Labute approximate surface area is 226 Å². The van der Waals surface area contributed by atoms with E-state index in [1.54, 1.807) is 6.92 Å². The van der Waals surface area contributed by atoms with Gasteiger partial charge in [-0.1, -0.05) is 33.6 Å². The van der Waals surface area contributed by atoms with Gasteiger partial charge in [-0.05, 0) is 97.0 Å². The number of likely N-dealkylation sites (tertiary alicyclic amines) is 1. The van der Waals surface area contributed by atoms with Crippen LogP contribution in [0.3, 0.4) is 0 Å². The summed E-state index contributed by atoms with van der Waals surface area (Å²) >= 11 is 0. The van der Waals surface area contributed by atoms with Crippen LogP contribution in [-0.4, -0.2) is 66.8 Å². The molecular formula is C29H54BN3O4. The lowest BCUT2D eigenvalue weighted by atomic mass is 9.64. The van der Waals surface area contributed by atoms with E-state index in [9.17, 15) is 9.59 Å². The lowest BCUT2D eigenvalue weighted by Gasteiger charge is -2.48. The van der Waals surface area contributed by atoms with Crippen LogP contribution in [0.25, 0.3) is 0 Å². The Morgan fingerprint density at radius 2 is 1.62 bits per heavy atom. The molecule has 3 rings (SSSR count). The second kappa shape index (κ2) is 12.0. The maximum atomic E-state index is 13.9. The van der Waals surface area contributed by atoms with Gasteiger partial charge in [-0.2, -0.15) is 0 Å². The third kappa shape index (κ3) is 7.51. The minimum Gasteiger partial charge on any atom is -0.403 e. The van der Waals surface area contributed by atoms with Gasteiger partial charge in [0.15, 0.2) is 0 Å². The molecule has 37 heavy (non-hydrogen) atoms. The van der Waals surface area contributed by atoms with Gasteiger partial charge < -0.3 is 24.8 Å². The van der Waals surface area contributed by atoms with Crippen molar-refractivity contribution in [2.75, 3.05) is 26.2 Å². The monoisotopic (exact) mass is 519 g/mol. The van der Waals surface area contributed by atoms with Crippen molar-refractivity contribution >= 4 is 18.9 Å². The van der Waals surface area contributed by atoms with Gasteiger partial charge in [0.1, 0.15) is 5.54 Å². The van der Waals surface area contributed by atoms with E-state index in [1.807, 2.05) is 0 Å². The van der Waals surface area contributed by atoms with Crippen LogP contribution >= 0.6 is 0 Å². The number of hydrogen-bond acceptors (Lipinski definition) is 5. The van der Waals surface area contributed by atoms with Crippen LogP contribution in [0.5, 0.6) is 0 Å². The molecule has 0 spiro atoms. The normalized spacial score (nSPS) is 31.2. The van der Waals surface area contributed by atoms with E-state index < -0.39 is 5.54 Å². The first-order chi connectivity index (χ1) is 17.2. The largest absolute Gasteiger partial charge is 0.457 e. The summed E-state index contributed by atoms with van der Waals surface area (Å²) in [6.45, 7) is 20.3. The summed E-state index contributed by atoms with van der Waals surface area (Å²) < 4.78 is 12.5. The Morgan fingerprint density at radius 3 is 2.19 bits per heavy atom.